The molecular formula is C23H38N4O6. The first-order chi connectivity index (χ1) is 15.5. The number of amidine groups is 1. The summed E-state index contributed by atoms with van der Waals surface area (Å²) in [5, 5.41) is 9.14. The summed E-state index contributed by atoms with van der Waals surface area (Å²) in [4.78, 5) is 29.0. The van der Waals surface area contributed by atoms with Gasteiger partial charge >= 0.3 is 6.09 Å². The molecule has 1 aromatic rings. The van der Waals surface area contributed by atoms with E-state index in [2.05, 4.69) is 15.8 Å². The summed E-state index contributed by atoms with van der Waals surface area (Å²) in [6, 6.07) is 6.65. The largest absolute Gasteiger partial charge is 0.494 e. The number of ether oxygens (including phenoxy) is 3. The zero-order valence-corrected chi connectivity index (χ0v) is 20.5. The van der Waals surface area contributed by atoms with Crippen molar-refractivity contribution < 1.29 is 28.6 Å². The van der Waals surface area contributed by atoms with Crippen molar-refractivity contribution in [3.8, 4) is 11.5 Å². The number of rotatable bonds is 13. The molecule has 10 nitrogen and oxygen atoms in total. The van der Waals surface area contributed by atoms with Crippen molar-refractivity contribution in [2.45, 2.75) is 59.6 Å². The number of benzene rings is 1. The molecule has 0 aliphatic rings. The van der Waals surface area contributed by atoms with Gasteiger partial charge in [-0.2, -0.15) is 0 Å². The van der Waals surface area contributed by atoms with Gasteiger partial charge in [-0.3, -0.25) is 4.79 Å². The lowest BCUT2D eigenvalue weighted by Crippen LogP contribution is -2.47. The van der Waals surface area contributed by atoms with Crippen LogP contribution in [-0.2, 0) is 14.4 Å². The van der Waals surface area contributed by atoms with Crippen LogP contribution in [0.25, 0.3) is 0 Å². The van der Waals surface area contributed by atoms with Gasteiger partial charge in [0.1, 0.15) is 23.7 Å². The molecule has 1 aromatic carbocycles. The van der Waals surface area contributed by atoms with E-state index >= 15 is 0 Å². The molecule has 0 spiro atoms. The van der Waals surface area contributed by atoms with Crippen LogP contribution in [0, 0.1) is 5.92 Å². The third-order valence-corrected chi connectivity index (χ3v) is 3.95. The second-order valence-electron chi connectivity index (χ2n) is 8.72. The molecule has 186 valence electrons. The maximum atomic E-state index is 12.1. The van der Waals surface area contributed by atoms with E-state index in [0.717, 1.165) is 5.75 Å². The second kappa shape index (κ2) is 14.1. The van der Waals surface area contributed by atoms with Crippen LogP contribution in [0.2, 0.25) is 0 Å². The van der Waals surface area contributed by atoms with Gasteiger partial charge in [-0.1, -0.05) is 19.0 Å². The number of amides is 2. The summed E-state index contributed by atoms with van der Waals surface area (Å²) in [5.74, 6) is 1.36. The van der Waals surface area contributed by atoms with E-state index in [1.54, 1.807) is 32.9 Å². The van der Waals surface area contributed by atoms with Gasteiger partial charge in [0.25, 0.3) is 5.91 Å². The Balaban J connectivity index is 2.39. The molecule has 0 bridgehead atoms. The Morgan fingerprint density at radius 3 is 2.24 bits per heavy atom. The minimum Gasteiger partial charge on any atom is -0.494 e. The predicted octanol–water partition coefficient (Wildman–Crippen LogP) is 2.81. The molecule has 0 aliphatic heterocycles. The van der Waals surface area contributed by atoms with Crippen LogP contribution in [0.3, 0.4) is 0 Å². The maximum absolute atomic E-state index is 12.1. The van der Waals surface area contributed by atoms with Crippen LogP contribution in [0.4, 0.5) is 4.79 Å². The lowest BCUT2D eigenvalue weighted by Gasteiger charge is -2.24. The summed E-state index contributed by atoms with van der Waals surface area (Å²) in [6.07, 6.45) is -0.0657. The highest BCUT2D eigenvalue weighted by Crippen LogP contribution is 2.17. The second-order valence-corrected chi connectivity index (χ2v) is 8.72. The highest BCUT2D eigenvalue weighted by Gasteiger charge is 2.23. The van der Waals surface area contributed by atoms with E-state index in [9.17, 15) is 9.59 Å². The van der Waals surface area contributed by atoms with E-state index in [1.807, 2.05) is 32.9 Å². The molecule has 0 aliphatic carbocycles. The van der Waals surface area contributed by atoms with Crippen LogP contribution in [0.5, 0.6) is 11.5 Å². The summed E-state index contributed by atoms with van der Waals surface area (Å²) >= 11 is 0. The van der Waals surface area contributed by atoms with E-state index < -0.39 is 17.7 Å². The lowest BCUT2D eigenvalue weighted by atomic mass is 10.0. The van der Waals surface area contributed by atoms with Crippen molar-refractivity contribution in [1.82, 2.24) is 10.6 Å². The fraction of sp³-hybridized carbons (Fsp3) is 0.609. The van der Waals surface area contributed by atoms with Crippen LogP contribution >= 0.6 is 0 Å². The number of carbonyl (C=O) groups is 2. The minimum atomic E-state index is -0.635. The number of nitrogens with zero attached hydrogens (tertiary/aromatic N) is 1. The minimum absolute atomic E-state index is 0.0567. The Bertz CT molecular complexity index is 759. The standard InChI is InChI=1S/C23H38N4O6/c1-7-30-17-8-10-18(11-9-17)31-13-12-25-20(28)15-32-27-21(24)19(14-16(2)3)26-22(29)33-23(4,5)6/h8-11,16,19H,7,12-15H2,1-6H3,(H2,24,27)(H,25,28)(H,26,29). The van der Waals surface area contributed by atoms with Gasteiger partial charge in [-0.25, -0.2) is 4.79 Å². The molecule has 4 N–H and O–H groups in total. The van der Waals surface area contributed by atoms with Crippen molar-refractivity contribution in [1.29, 1.82) is 0 Å². The summed E-state index contributed by atoms with van der Waals surface area (Å²) in [7, 11) is 0. The number of hydrogen-bond acceptors (Lipinski definition) is 7. The Morgan fingerprint density at radius 2 is 1.70 bits per heavy atom. The first kappa shape index (κ1) is 27.9. The van der Waals surface area contributed by atoms with Crippen LogP contribution in [-0.4, -0.2) is 55.8 Å². The smallest absolute Gasteiger partial charge is 0.408 e. The maximum Gasteiger partial charge on any atom is 0.408 e. The topological polar surface area (TPSA) is 134 Å². The van der Waals surface area contributed by atoms with Crippen molar-refractivity contribution in [3.05, 3.63) is 24.3 Å². The number of hydrogen-bond donors (Lipinski definition) is 3. The highest BCUT2D eigenvalue weighted by atomic mass is 16.6. The Morgan fingerprint density at radius 1 is 1.09 bits per heavy atom. The lowest BCUT2D eigenvalue weighted by molar-refractivity contribution is -0.125. The normalized spacial score (nSPS) is 12.6. The fourth-order valence-corrected chi connectivity index (χ4v) is 2.61. The van der Waals surface area contributed by atoms with Gasteiger partial charge in [0.2, 0.25) is 0 Å². The number of oxime groups is 1. The first-order valence-electron chi connectivity index (χ1n) is 11.1. The number of alkyl carbamates (subject to hydrolysis) is 1. The summed E-state index contributed by atoms with van der Waals surface area (Å²) in [6.45, 7) is 12.1. The quantitative estimate of drug-likeness (QED) is 0.176. The van der Waals surface area contributed by atoms with Crippen LogP contribution in [0.15, 0.2) is 29.4 Å². The zero-order valence-electron chi connectivity index (χ0n) is 20.5. The van der Waals surface area contributed by atoms with E-state index in [4.69, 9.17) is 24.8 Å². The third-order valence-electron chi connectivity index (χ3n) is 3.95. The van der Waals surface area contributed by atoms with Crippen LogP contribution in [0.1, 0.15) is 48.0 Å². The number of carbonyl (C=O) groups excluding carboxylic acids is 2. The molecule has 0 saturated carbocycles. The average molecular weight is 467 g/mol. The molecule has 0 radical (unpaired) electrons. The van der Waals surface area contributed by atoms with Crippen molar-refractivity contribution in [2.24, 2.45) is 16.8 Å². The molecule has 1 rings (SSSR count). The highest BCUT2D eigenvalue weighted by molar-refractivity contribution is 5.88. The molecule has 0 fully saturated rings. The monoisotopic (exact) mass is 466 g/mol. The van der Waals surface area contributed by atoms with Gasteiger partial charge in [0, 0.05) is 0 Å². The first-order valence-corrected chi connectivity index (χ1v) is 11.1. The van der Waals surface area contributed by atoms with E-state index in [0.29, 0.717) is 31.9 Å². The van der Waals surface area contributed by atoms with Gasteiger partial charge in [-0.15, -0.1) is 0 Å². The molecule has 0 saturated heterocycles. The number of nitrogens with one attached hydrogen (secondary N) is 2. The van der Waals surface area contributed by atoms with Crippen molar-refractivity contribution in [2.75, 3.05) is 26.4 Å². The summed E-state index contributed by atoms with van der Waals surface area (Å²) in [5.41, 5.74) is 5.34. The Labute approximate surface area is 196 Å². The van der Waals surface area contributed by atoms with Crippen molar-refractivity contribution >= 4 is 17.8 Å². The predicted molar refractivity (Wildman–Crippen MR) is 126 cm³/mol. The molecule has 10 heteroatoms. The van der Waals surface area contributed by atoms with E-state index in [1.165, 1.54) is 0 Å². The average Bonchev–Trinajstić information content (AvgIpc) is 2.70. The summed E-state index contributed by atoms with van der Waals surface area (Å²) < 4.78 is 16.2. The van der Waals surface area contributed by atoms with Crippen LogP contribution < -0.4 is 25.8 Å². The molecule has 1 atom stereocenters. The molecular weight excluding hydrogens is 428 g/mol. The Kier molecular flexibility index (Phi) is 11.9. The van der Waals surface area contributed by atoms with E-state index in [-0.39, 0.29) is 24.3 Å². The Hall–Kier alpha value is -3.17. The van der Waals surface area contributed by atoms with Gasteiger partial charge in [0.15, 0.2) is 12.4 Å². The van der Waals surface area contributed by atoms with Gasteiger partial charge < -0.3 is 35.4 Å². The van der Waals surface area contributed by atoms with Gasteiger partial charge in [-0.05, 0) is 64.3 Å². The molecule has 1 unspecified atom stereocenters. The molecule has 33 heavy (non-hydrogen) atoms. The zero-order chi connectivity index (χ0) is 24.9. The molecule has 0 aromatic heterocycles. The SMILES string of the molecule is CCOc1ccc(OCCNC(=O)CO/N=C(/N)C(CC(C)C)NC(=O)OC(C)(C)C)cc1. The van der Waals surface area contributed by atoms with Gasteiger partial charge in [0.05, 0.1) is 19.2 Å². The molecule has 2 amide bonds. The fourth-order valence-electron chi connectivity index (χ4n) is 2.61. The van der Waals surface area contributed by atoms with Crippen molar-refractivity contribution in [3.63, 3.8) is 0 Å². The number of nitrogens with two attached hydrogens (primary N) is 1. The molecule has 0 heterocycles. The third kappa shape index (κ3) is 13.1.